The highest BCUT2D eigenvalue weighted by molar-refractivity contribution is 5.98. The highest BCUT2D eigenvalue weighted by atomic mass is 16.3. The Morgan fingerprint density at radius 2 is 1.76 bits per heavy atom. The molecule has 0 unspecified atom stereocenters. The number of benzene rings is 2. The molecule has 3 rings (SSSR count). The second-order valence-electron chi connectivity index (χ2n) is 4.01. The lowest BCUT2D eigenvalue weighted by Gasteiger charge is -2.06. The predicted molar refractivity (Wildman–Crippen MR) is 69.7 cm³/mol. The molecular weight excluding hydrogens is 214 g/mol. The molecule has 5 N–H and O–H groups in total. The molecule has 0 aliphatic rings. The van der Waals surface area contributed by atoms with Crippen molar-refractivity contribution < 1.29 is 5.11 Å². The van der Waals surface area contributed by atoms with Gasteiger partial charge in [-0.3, -0.25) is 0 Å². The van der Waals surface area contributed by atoms with Crippen molar-refractivity contribution in [3.63, 3.8) is 0 Å². The third-order valence-electron chi connectivity index (χ3n) is 2.82. The van der Waals surface area contributed by atoms with Crippen LogP contribution in [-0.4, -0.2) is 10.1 Å². The number of nitrogens with two attached hydrogens (primary N) is 2. The Hall–Kier alpha value is -2.49. The van der Waals surface area contributed by atoms with Crippen LogP contribution in [0.15, 0.2) is 36.4 Å². The number of aromatic nitrogens is 1. The predicted octanol–water partition coefficient (Wildman–Crippen LogP) is 2.26. The molecule has 0 aliphatic heterocycles. The molecule has 17 heavy (non-hydrogen) atoms. The summed E-state index contributed by atoms with van der Waals surface area (Å²) < 4.78 is 0. The zero-order valence-electron chi connectivity index (χ0n) is 9.01. The standard InChI is InChI=1S/C13H11N3O/c14-8-2-1-7-5-9-11(16-12(7)6-8)4-3-10(15)13(9)17/h1-6,17H,14-15H2. The van der Waals surface area contributed by atoms with Gasteiger partial charge in [0.2, 0.25) is 0 Å². The van der Waals surface area contributed by atoms with E-state index in [0.29, 0.717) is 22.3 Å². The van der Waals surface area contributed by atoms with E-state index in [0.717, 1.165) is 10.9 Å². The first-order valence-electron chi connectivity index (χ1n) is 5.22. The number of nitrogens with zero attached hydrogens (tertiary/aromatic N) is 1. The number of phenols is 1. The third kappa shape index (κ3) is 1.42. The number of pyridine rings is 1. The van der Waals surface area contributed by atoms with Crippen molar-refractivity contribution >= 4 is 33.2 Å². The van der Waals surface area contributed by atoms with Gasteiger partial charge in [0.15, 0.2) is 0 Å². The molecule has 2 aromatic carbocycles. The minimum absolute atomic E-state index is 0.0775. The van der Waals surface area contributed by atoms with Crippen LogP contribution >= 0.6 is 0 Å². The zero-order chi connectivity index (χ0) is 12.0. The highest BCUT2D eigenvalue weighted by Crippen LogP contribution is 2.32. The summed E-state index contributed by atoms with van der Waals surface area (Å²) >= 11 is 0. The van der Waals surface area contributed by atoms with Gasteiger partial charge in [-0.15, -0.1) is 0 Å². The van der Waals surface area contributed by atoms with E-state index in [1.165, 1.54) is 0 Å². The van der Waals surface area contributed by atoms with E-state index in [-0.39, 0.29) is 5.75 Å². The van der Waals surface area contributed by atoms with E-state index in [1.807, 2.05) is 18.2 Å². The molecule has 1 aromatic heterocycles. The molecule has 84 valence electrons. The van der Waals surface area contributed by atoms with Crippen LogP contribution in [0.25, 0.3) is 21.8 Å². The van der Waals surface area contributed by atoms with E-state index >= 15 is 0 Å². The summed E-state index contributed by atoms with van der Waals surface area (Å²) in [4.78, 5) is 4.44. The number of anilines is 2. The second-order valence-corrected chi connectivity index (χ2v) is 4.01. The van der Waals surface area contributed by atoms with Crippen molar-refractivity contribution in [2.45, 2.75) is 0 Å². The first-order valence-corrected chi connectivity index (χ1v) is 5.22. The summed E-state index contributed by atoms with van der Waals surface area (Å²) in [6, 6.07) is 10.8. The van der Waals surface area contributed by atoms with Crippen LogP contribution < -0.4 is 11.5 Å². The summed E-state index contributed by atoms with van der Waals surface area (Å²) in [5.41, 5.74) is 13.9. The van der Waals surface area contributed by atoms with Crippen molar-refractivity contribution in [2.75, 3.05) is 11.5 Å². The normalized spacial score (nSPS) is 11.1. The first kappa shape index (κ1) is 9.72. The summed E-state index contributed by atoms with van der Waals surface area (Å²) in [6.45, 7) is 0. The third-order valence-corrected chi connectivity index (χ3v) is 2.82. The molecule has 0 saturated heterocycles. The number of fused-ring (bicyclic) bond motifs is 2. The maximum absolute atomic E-state index is 9.88. The fourth-order valence-corrected chi connectivity index (χ4v) is 1.92. The summed E-state index contributed by atoms with van der Waals surface area (Å²) in [5, 5.41) is 11.5. The van der Waals surface area contributed by atoms with Crippen molar-refractivity contribution in [3.8, 4) is 5.75 Å². The van der Waals surface area contributed by atoms with Crippen molar-refractivity contribution in [3.05, 3.63) is 36.4 Å². The van der Waals surface area contributed by atoms with E-state index in [1.54, 1.807) is 18.2 Å². The molecular formula is C13H11N3O. The van der Waals surface area contributed by atoms with Crippen LogP contribution in [0, 0.1) is 0 Å². The van der Waals surface area contributed by atoms with Crippen molar-refractivity contribution in [2.24, 2.45) is 0 Å². The van der Waals surface area contributed by atoms with Crippen molar-refractivity contribution in [1.82, 2.24) is 4.98 Å². The van der Waals surface area contributed by atoms with Crippen LogP contribution in [0.2, 0.25) is 0 Å². The molecule has 0 aliphatic carbocycles. The largest absolute Gasteiger partial charge is 0.505 e. The molecule has 0 fully saturated rings. The van der Waals surface area contributed by atoms with Gasteiger partial charge in [0.25, 0.3) is 0 Å². The van der Waals surface area contributed by atoms with E-state index in [9.17, 15) is 5.11 Å². The SMILES string of the molecule is Nc1ccc2cc3c(O)c(N)ccc3nc2c1. The number of nitrogen functional groups attached to an aromatic ring is 2. The molecule has 0 amide bonds. The molecule has 0 atom stereocenters. The van der Waals surface area contributed by atoms with Crippen LogP contribution in [0.3, 0.4) is 0 Å². The Kier molecular flexibility index (Phi) is 1.86. The van der Waals surface area contributed by atoms with Crippen LogP contribution in [0.5, 0.6) is 5.75 Å². The van der Waals surface area contributed by atoms with Crippen LogP contribution in [0.4, 0.5) is 11.4 Å². The van der Waals surface area contributed by atoms with Gasteiger partial charge in [-0.25, -0.2) is 4.98 Å². The molecule has 3 aromatic rings. The van der Waals surface area contributed by atoms with E-state index in [2.05, 4.69) is 4.98 Å². The van der Waals surface area contributed by atoms with Gasteiger partial charge in [0.1, 0.15) is 5.75 Å². The van der Waals surface area contributed by atoms with Gasteiger partial charge in [-0.1, -0.05) is 6.07 Å². The average Bonchev–Trinajstić information content (AvgIpc) is 2.32. The van der Waals surface area contributed by atoms with Gasteiger partial charge in [0.05, 0.1) is 16.7 Å². The fourth-order valence-electron chi connectivity index (χ4n) is 1.92. The van der Waals surface area contributed by atoms with Gasteiger partial charge in [-0.05, 0) is 30.3 Å². The van der Waals surface area contributed by atoms with E-state index in [4.69, 9.17) is 11.5 Å². The lowest BCUT2D eigenvalue weighted by atomic mass is 10.1. The lowest BCUT2D eigenvalue weighted by Crippen LogP contribution is -1.90. The maximum atomic E-state index is 9.88. The molecule has 0 spiro atoms. The van der Waals surface area contributed by atoms with E-state index < -0.39 is 0 Å². The average molecular weight is 225 g/mol. The lowest BCUT2D eigenvalue weighted by molar-refractivity contribution is 0.484. The van der Waals surface area contributed by atoms with Gasteiger partial charge in [-0.2, -0.15) is 0 Å². The number of phenolic OH excluding ortho intramolecular Hbond substituents is 1. The quantitative estimate of drug-likeness (QED) is 0.311. The first-order chi connectivity index (χ1) is 8.15. The molecule has 0 bridgehead atoms. The molecule has 4 nitrogen and oxygen atoms in total. The number of hydrogen-bond acceptors (Lipinski definition) is 4. The van der Waals surface area contributed by atoms with Crippen molar-refractivity contribution in [1.29, 1.82) is 0 Å². The summed E-state index contributed by atoms with van der Waals surface area (Å²) in [5.74, 6) is 0.0775. The van der Waals surface area contributed by atoms with Gasteiger partial charge >= 0.3 is 0 Å². The van der Waals surface area contributed by atoms with Crippen LogP contribution in [0.1, 0.15) is 0 Å². The van der Waals surface area contributed by atoms with Gasteiger partial charge in [0, 0.05) is 16.5 Å². The topological polar surface area (TPSA) is 85.2 Å². The maximum Gasteiger partial charge on any atom is 0.147 e. The number of rotatable bonds is 0. The molecule has 4 heteroatoms. The Morgan fingerprint density at radius 1 is 0.941 bits per heavy atom. The zero-order valence-corrected chi connectivity index (χ0v) is 9.01. The highest BCUT2D eigenvalue weighted by Gasteiger charge is 2.06. The molecule has 0 saturated carbocycles. The minimum Gasteiger partial charge on any atom is -0.505 e. The van der Waals surface area contributed by atoms with Gasteiger partial charge < -0.3 is 16.6 Å². The monoisotopic (exact) mass is 225 g/mol. The molecule has 0 radical (unpaired) electrons. The van der Waals surface area contributed by atoms with Crippen LogP contribution in [-0.2, 0) is 0 Å². The minimum atomic E-state index is 0.0775. The molecule has 1 heterocycles. The Bertz CT molecular complexity index is 737. The Morgan fingerprint density at radius 3 is 2.59 bits per heavy atom. The summed E-state index contributed by atoms with van der Waals surface area (Å²) in [6.07, 6.45) is 0. The smallest absolute Gasteiger partial charge is 0.147 e. The summed E-state index contributed by atoms with van der Waals surface area (Å²) in [7, 11) is 0. The second kappa shape index (κ2) is 3.25. The number of aromatic hydroxyl groups is 1. The number of hydrogen-bond donors (Lipinski definition) is 3. The Labute approximate surface area is 97.5 Å². The Balaban J connectivity index is 2.48. The fraction of sp³-hybridized carbons (Fsp3) is 0.